The Labute approximate surface area is 148 Å². The van der Waals surface area contributed by atoms with Gasteiger partial charge in [-0.25, -0.2) is 9.78 Å². The fourth-order valence-electron chi connectivity index (χ4n) is 1.90. The Balaban J connectivity index is 1.99. The van der Waals surface area contributed by atoms with Gasteiger partial charge in [0.25, 0.3) is 0 Å². The minimum Gasteiger partial charge on any atom is -0.481 e. The van der Waals surface area contributed by atoms with Crippen LogP contribution in [0.25, 0.3) is 0 Å². The predicted molar refractivity (Wildman–Crippen MR) is 96.1 cm³/mol. The number of aryl methyl sites for hydroxylation is 2. The van der Waals surface area contributed by atoms with Crippen LogP contribution in [0.2, 0.25) is 0 Å². The fraction of sp³-hybridized carbons (Fsp3) is 0.312. The van der Waals surface area contributed by atoms with E-state index in [0.717, 1.165) is 20.5 Å². The van der Waals surface area contributed by atoms with E-state index < -0.39 is 5.97 Å². The first-order valence-corrected chi connectivity index (χ1v) is 8.99. The highest BCUT2D eigenvalue weighted by Crippen LogP contribution is 2.32. The molecule has 2 amide bonds. The van der Waals surface area contributed by atoms with Crippen molar-refractivity contribution < 1.29 is 14.7 Å². The van der Waals surface area contributed by atoms with Crippen molar-refractivity contribution in [3.63, 3.8) is 0 Å². The summed E-state index contributed by atoms with van der Waals surface area (Å²) in [7, 11) is 1.57. The van der Waals surface area contributed by atoms with Gasteiger partial charge in [0.2, 0.25) is 0 Å². The van der Waals surface area contributed by atoms with E-state index in [1.165, 1.54) is 4.90 Å². The van der Waals surface area contributed by atoms with Crippen molar-refractivity contribution in [2.24, 2.45) is 0 Å². The maximum atomic E-state index is 12.1. The molecule has 0 fully saturated rings. The van der Waals surface area contributed by atoms with Crippen LogP contribution < -0.4 is 5.32 Å². The van der Waals surface area contributed by atoms with Crippen molar-refractivity contribution in [3.05, 3.63) is 34.8 Å². The van der Waals surface area contributed by atoms with E-state index in [2.05, 4.69) is 10.3 Å². The topological polar surface area (TPSA) is 82.5 Å². The number of benzene rings is 1. The molecule has 128 valence electrons. The highest BCUT2D eigenvalue weighted by atomic mass is 32.2. The normalized spacial score (nSPS) is 10.5. The lowest BCUT2D eigenvalue weighted by atomic mass is 10.2. The quantitative estimate of drug-likeness (QED) is 0.812. The van der Waals surface area contributed by atoms with E-state index in [4.69, 9.17) is 5.11 Å². The number of rotatable bonds is 6. The molecule has 0 aliphatic heterocycles. The van der Waals surface area contributed by atoms with Gasteiger partial charge >= 0.3 is 12.0 Å². The zero-order valence-electron chi connectivity index (χ0n) is 13.7. The van der Waals surface area contributed by atoms with Gasteiger partial charge in [-0.05, 0) is 37.6 Å². The number of nitrogens with one attached hydrogen (secondary N) is 1. The SMILES string of the molecule is Cc1csc(Sc2ccc(NC(=O)N(C)CCC(=O)O)c(C)c2)n1. The van der Waals surface area contributed by atoms with Crippen LogP contribution in [0.15, 0.2) is 32.8 Å². The lowest BCUT2D eigenvalue weighted by Gasteiger charge is -2.18. The third kappa shape index (κ3) is 5.24. The average molecular weight is 365 g/mol. The summed E-state index contributed by atoms with van der Waals surface area (Å²) in [6.07, 6.45) is -0.0777. The molecule has 1 heterocycles. The second-order valence-corrected chi connectivity index (χ2v) is 7.51. The highest BCUT2D eigenvalue weighted by Gasteiger charge is 2.12. The molecule has 6 nitrogen and oxygen atoms in total. The lowest BCUT2D eigenvalue weighted by Crippen LogP contribution is -2.33. The van der Waals surface area contributed by atoms with Crippen molar-refractivity contribution in [1.82, 2.24) is 9.88 Å². The van der Waals surface area contributed by atoms with Gasteiger partial charge in [-0.2, -0.15) is 0 Å². The number of thiazole rings is 1. The molecule has 0 unspecified atom stereocenters. The number of urea groups is 1. The Morgan fingerprint density at radius 3 is 2.71 bits per heavy atom. The van der Waals surface area contributed by atoms with Gasteiger partial charge in [0.1, 0.15) is 0 Å². The number of aromatic nitrogens is 1. The Morgan fingerprint density at radius 2 is 2.12 bits per heavy atom. The summed E-state index contributed by atoms with van der Waals surface area (Å²) in [4.78, 5) is 29.5. The first-order valence-electron chi connectivity index (χ1n) is 7.29. The van der Waals surface area contributed by atoms with E-state index in [1.807, 2.05) is 37.4 Å². The summed E-state index contributed by atoms with van der Waals surface area (Å²) in [6.45, 7) is 4.05. The Kier molecular flexibility index (Phi) is 6.22. The molecule has 2 aromatic rings. The largest absolute Gasteiger partial charge is 0.481 e. The van der Waals surface area contributed by atoms with Gasteiger partial charge in [-0.3, -0.25) is 4.79 Å². The van der Waals surface area contributed by atoms with Gasteiger partial charge in [0, 0.05) is 35.2 Å². The van der Waals surface area contributed by atoms with Crippen molar-refractivity contribution in [2.75, 3.05) is 18.9 Å². The van der Waals surface area contributed by atoms with Crippen molar-refractivity contribution >= 4 is 40.8 Å². The second kappa shape index (κ2) is 8.16. The molecule has 0 saturated carbocycles. The monoisotopic (exact) mass is 365 g/mol. The zero-order valence-corrected chi connectivity index (χ0v) is 15.3. The number of carboxylic acid groups (broad SMARTS) is 1. The molecule has 1 aromatic heterocycles. The van der Waals surface area contributed by atoms with Gasteiger partial charge in [-0.1, -0.05) is 11.8 Å². The fourth-order valence-corrected chi connectivity index (χ4v) is 3.80. The molecule has 24 heavy (non-hydrogen) atoms. The van der Waals surface area contributed by atoms with E-state index in [-0.39, 0.29) is 19.0 Å². The summed E-state index contributed by atoms with van der Waals surface area (Å²) in [5, 5.41) is 13.5. The predicted octanol–water partition coefficient (Wildman–Crippen LogP) is 3.85. The molecular weight excluding hydrogens is 346 g/mol. The molecule has 0 spiro atoms. The third-order valence-corrected chi connectivity index (χ3v) is 5.30. The second-order valence-electron chi connectivity index (χ2n) is 5.33. The number of hydrogen-bond donors (Lipinski definition) is 2. The van der Waals surface area contributed by atoms with Crippen LogP contribution in [0, 0.1) is 13.8 Å². The van der Waals surface area contributed by atoms with Crippen LogP contribution in [0.5, 0.6) is 0 Å². The van der Waals surface area contributed by atoms with Gasteiger partial charge in [0.15, 0.2) is 4.34 Å². The minimum absolute atomic E-state index is 0.0777. The van der Waals surface area contributed by atoms with Crippen LogP contribution in [0.3, 0.4) is 0 Å². The molecule has 8 heteroatoms. The van der Waals surface area contributed by atoms with Crippen LogP contribution in [-0.2, 0) is 4.79 Å². The molecule has 1 aromatic carbocycles. The summed E-state index contributed by atoms with van der Waals surface area (Å²) < 4.78 is 0.983. The Morgan fingerprint density at radius 1 is 1.38 bits per heavy atom. The van der Waals surface area contributed by atoms with Crippen molar-refractivity contribution in [2.45, 2.75) is 29.5 Å². The molecule has 0 aliphatic carbocycles. The number of aliphatic carboxylic acids is 1. The van der Waals surface area contributed by atoms with Gasteiger partial charge in [-0.15, -0.1) is 11.3 Å². The molecule has 0 radical (unpaired) electrons. The van der Waals surface area contributed by atoms with Crippen LogP contribution in [-0.4, -0.2) is 40.6 Å². The molecule has 0 bridgehead atoms. The number of anilines is 1. The lowest BCUT2D eigenvalue weighted by molar-refractivity contribution is -0.137. The van der Waals surface area contributed by atoms with E-state index in [9.17, 15) is 9.59 Å². The standard InChI is InChI=1S/C16H19N3O3S2/c1-10-8-12(24-16-17-11(2)9-23-16)4-5-13(10)18-15(22)19(3)7-6-14(20)21/h4-5,8-9H,6-7H2,1-3H3,(H,18,22)(H,20,21). The summed E-state index contributed by atoms with van der Waals surface area (Å²) in [5.41, 5.74) is 2.66. The minimum atomic E-state index is -0.926. The molecular formula is C16H19N3O3S2. The molecule has 0 atom stereocenters. The molecule has 0 aliphatic rings. The summed E-state index contributed by atoms with van der Waals surface area (Å²) in [6, 6.07) is 5.45. The van der Waals surface area contributed by atoms with Crippen LogP contribution in [0.4, 0.5) is 10.5 Å². The van der Waals surface area contributed by atoms with Crippen LogP contribution in [0.1, 0.15) is 17.7 Å². The number of carbonyl (C=O) groups is 2. The maximum absolute atomic E-state index is 12.1. The van der Waals surface area contributed by atoms with Crippen LogP contribution >= 0.6 is 23.1 Å². The Bertz CT molecular complexity index is 746. The Hall–Kier alpha value is -2.06. The van der Waals surface area contributed by atoms with Crippen molar-refractivity contribution in [1.29, 1.82) is 0 Å². The average Bonchev–Trinajstić information content (AvgIpc) is 2.92. The zero-order chi connectivity index (χ0) is 17.7. The highest BCUT2D eigenvalue weighted by molar-refractivity contribution is 8.01. The third-order valence-electron chi connectivity index (χ3n) is 3.25. The maximum Gasteiger partial charge on any atom is 0.321 e. The van der Waals surface area contributed by atoms with Crippen molar-refractivity contribution in [3.8, 4) is 0 Å². The summed E-state index contributed by atoms with van der Waals surface area (Å²) in [5.74, 6) is -0.926. The number of carboxylic acids is 1. The smallest absolute Gasteiger partial charge is 0.321 e. The summed E-state index contributed by atoms with van der Waals surface area (Å²) >= 11 is 3.19. The molecule has 2 rings (SSSR count). The number of amides is 2. The molecule has 2 N–H and O–H groups in total. The van der Waals surface area contributed by atoms with E-state index in [0.29, 0.717) is 5.69 Å². The first-order chi connectivity index (χ1) is 11.3. The number of hydrogen-bond acceptors (Lipinski definition) is 5. The van der Waals surface area contributed by atoms with Gasteiger partial charge < -0.3 is 15.3 Å². The van der Waals surface area contributed by atoms with Gasteiger partial charge in [0.05, 0.1) is 6.42 Å². The number of carbonyl (C=O) groups excluding carboxylic acids is 1. The first kappa shape index (κ1) is 18.3. The molecule has 0 saturated heterocycles. The van der Waals surface area contributed by atoms with E-state index >= 15 is 0 Å². The van der Waals surface area contributed by atoms with E-state index in [1.54, 1.807) is 30.1 Å². The number of nitrogens with zero attached hydrogens (tertiary/aromatic N) is 2.